The maximum Gasteiger partial charge on any atom is 0.150 e. The largest absolute Gasteiger partial charge is 0.309 e. The molecule has 0 aliphatic rings. The van der Waals surface area contributed by atoms with E-state index in [-0.39, 0.29) is 0 Å². The molecule has 19 heavy (non-hydrogen) atoms. The Labute approximate surface area is 131 Å². The fourth-order valence-corrected chi connectivity index (χ4v) is 3.97. The second-order valence-corrected chi connectivity index (χ2v) is 7.32. The first-order valence-corrected chi connectivity index (χ1v) is 8.37. The summed E-state index contributed by atoms with van der Waals surface area (Å²) < 4.78 is 1.07. The maximum absolute atomic E-state index is 6.19. The van der Waals surface area contributed by atoms with Gasteiger partial charge in [-0.1, -0.05) is 35.0 Å². The van der Waals surface area contributed by atoms with Crippen LogP contribution in [0.4, 0.5) is 0 Å². The normalized spacial score (nSPS) is 11.2. The molecular weight excluding hydrogens is 319 g/mol. The number of thiazole rings is 1. The fourth-order valence-electron chi connectivity index (χ4n) is 1.46. The van der Waals surface area contributed by atoms with Crippen molar-refractivity contribution in [3.05, 3.63) is 33.6 Å². The second-order valence-electron chi connectivity index (χ2n) is 4.27. The summed E-state index contributed by atoms with van der Waals surface area (Å²) >= 11 is 15.5. The van der Waals surface area contributed by atoms with Gasteiger partial charge in [-0.25, -0.2) is 4.98 Å². The van der Waals surface area contributed by atoms with E-state index in [9.17, 15) is 0 Å². The summed E-state index contributed by atoms with van der Waals surface area (Å²) in [6, 6.07) is 5.49. The van der Waals surface area contributed by atoms with E-state index in [4.69, 9.17) is 23.2 Å². The molecule has 0 amide bonds. The molecule has 1 aromatic carbocycles. The zero-order valence-corrected chi connectivity index (χ0v) is 13.8. The van der Waals surface area contributed by atoms with Gasteiger partial charge in [0.05, 0.1) is 10.7 Å². The van der Waals surface area contributed by atoms with Gasteiger partial charge in [0, 0.05) is 28.3 Å². The fraction of sp³-hybridized carbons (Fsp3) is 0.308. The SMILES string of the molecule is CN(C)CCSc1nc(-c2ccc(Cl)cc2Cl)cs1. The molecule has 0 bridgehead atoms. The topological polar surface area (TPSA) is 16.1 Å². The molecule has 0 radical (unpaired) electrons. The number of thioether (sulfide) groups is 1. The molecule has 6 heteroatoms. The Morgan fingerprint density at radius 1 is 1.32 bits per heavy atom. The van der Waals surface area contributed by atoms with Gasteiger partial charge < -0.3 is 4.90 Å². The van der Waals surface area contributed by atoms with Gasteiger partial charge in [-0.3, -0.25) is 0 Å². The van der Waals surface area contributed by atoms with Gasteiger partial charge >= 0.3 is 0 Å². The van der Waals surface area contributed by atoms with Crippen LogP contribution in [0.5, 0.6) is 0 Å². The first kappa shape index (κ1) is 15.1. The smallest absolute Gasteiger partial charge is 0.150 e. The van der Waals surface area contributed by atoms with Gasteiger partial charge in [-0.15, -0.1) is 11.3 Å². The molecule has 0 fully saturated rings. The van der Waals surface area contributed by atoms with E-state index in [1.807, 2.05) is 17.5 Å². The third kappa shape index (κ3) is 4.36. The summed E-state index contributed by atoms with van der Waals surface area (Å²) in [7, 11) is 4.14. The third-order valence-corrected chi connectivity index (χ3v) is 5.00. The van der Waals surface area contributed by atoms with Crippen molar-refractivity contribution in [3.8, 4) is 11.3 Å². The van der Waals surface area contributed by atoms with Gasteiger partial charge in [0.15, 0.2) is 4.34 Å². The van der Waals surface area contributed by atoms with Crippen molar-refractivity contribution in [1.29, 1.82) is 0 Å². The van der Waals surface area contributed by atoms with Crippen LogP contribution in [0.1, 0.15) is 0 Å². The van der Waals surface area contributed by atoms with Crippen molar-refractivity contribution in [2.45, 2.75) is 4.34 Å². The first-order chi connectivity index (χ1) is 9.06. The number of hydrogen-bond donors (Lipinski definition) is 0. The lowest BCUT2D eigenvalue weighted by Gasteiger charge is -2.06. The average molecular weight is 333 g/mol. The number of hydrogen-bond acceptors (Lipinski definition) is 4. The van der Waals surface area contributed by atoms with Crippen molar-refractivity contribution in [2.24, 2.45) is 0 Å². The van der Waals surface area contributed by atoms with Crippen molar-refractivity contribution in [3.63, 3.8) is 0 Å². The molecule has 0 atom stereocenters. The quantitative estimate of drug-likeness (QED) is 0.733. The molecule has 2 rings (SSSR count). The van der Waals surface area contributed by atoms with E-state index < -0.39 is 0 Å². The van der Waals surface area contributed by atoms with Crippen molar-refractivity contribution in [1.82, 2.24) is 9.88 Å². The van der Waals surface area contributed by atoms with E-state index in [0.29, 0.717) is 10.0 Å². The standard InChI is InChI=1S/C13H14Cl2N2S2/c1-17(2)5-6-18-13-16-12(8-19-13)10-4-3-9(14)7-11(10)15/h3-4,7-8H,5-6H2,1-2H3. The van der Waals surface area contributed by atoms with Crippen LogP contribution in [-0.4, -0.2) is 36.3 Å². The van der Waals surface area contributed by atoms with Crippen LogP contribution >= 0.6 is 46.3 Å². The van der Waals surface area contributed by atoms with E-state index in [1.54, 1.807) is 29.2 Å². The Hall–Kier alpha value is -0.260. The number of halogens is 2. The molecule has 102 valence electrons. The third-order valence-electron chi connectivity index (χ3n) is 2.45. The number of aromatic nitrogens is 1. The first-order valence-electron chi connectivity index (χ1n) is 5.75. The molecule has 0 N–H and O–H groups in total. The maximum atomic E-state index is 6.19. The van der Waals surface area contributed by atoms with Gasteiger partial charge in [0.25, 0.3) is 0 Å². The van der Waals surface area contributed by atoms with E-state index >= 15 is 0 Å². The molecule has 0 saturated carbocycles. The van der Waals surface area contributed by atoms with Crippen LogP contribution in [0.25, 0.3) is 11.3 Å². The number of nitrogens with zero attached hydrogens (tertiary/aromatic N) is 2. The lowest BCUT2D eigenvalue weighted by Crippen LogP contribution is -2.14. The van der Waals surface area contributed by atoms with E-state index in [2.05, 4.69) is 24.0 Å². The summed E-state index contributed by atoms with van der Waals surface area (Å²) in [5.74, 6) is 1.04. The lowest BCUT2D eigenvalue weighted by atomic mass is 10.2. The summed E-state index contributed by atoms with van der Waals surface area (Å²) in [4.78, 5) is 6.77. The molecule has 0 aliphatic heterocycles. The van der Waals surface area contributed by atoms with Crippen molar-refractivity contribution < 1.29 is 0 Å². The van der Waals surface area contributed by atoms with Crippen LogP contribution in [0.3, 0.4) is 0 Å². The second kappa shape index (κ2) is 6.95. The minimum atomic E-state index is 0.641. The predicted molar refractivity (Wildman–Crippen MR) is 86.8 cm³/mol. The van der Waals surface area contributed by atoms with Crippen LogP contribution < -0.4 is 0 Å². The molecule has 0 unspecified atom stereocenters. The highest BCUT2D eigenvalue weighted by Gasteiger charge is 2.09. The number of rotatable bonds is 5. The van der Waals surface area contributed by atoms with Crippen LogP contribution in [0.2, 0.25) is 10.0 Å². The highest BCUT2D eigenvalue weighted by molar-refractivity contribution is 8.01. The van der Waals surface area contributed by atoms with Crippen LogP contribution in [0, 0.1) is 0 Å². The minimum Gasteiger partial charge on any atom is -0.309 e. The highest BCUT2D eigenvalue weighted by Crippen LogP contribution is 2.33. The average Bonchev–Trinajstić information content (AvgIpc) is 2.77. The summed E-state index contributed by atoms with van der Waals surface area (Å²) in [5.41, 5.74) is 1.85. The summed E-state index contributed by atoms with van der Waals surface area (Å²) in [5, 5.41) is 3.32. The lowest BCUT2D eigenvalue weighted by molar-refractivity contribution is 0.437. The summed E-state index contributed by atoms with van der Waals surface area (Å²) in [6.45, 7) is 1.04. The molecular formula is C13H14Cl2N2S2. The molecule has 0 aliphatic carbocycles. The van der Waals surface area contributed by atoms with Gasteiger partial charge in [-0.05, 0) is 32.3 Å². The van der Waals surface area contributed by atoms with Gasteiger partial charge in [-0.2, -0.15) is 0 Å². The zero-order valence-electron chi connectivity index (χ0n) is 10.7. The molecule has 1 aromatic heterocycles. The molecule has 2 aromatic rings. The van der Waals surface area contributed by atoms with E-state index in [0.717, 1.165) is 27.9 Å². The molecule has 2 nitrogen and oxygen atoms in total. The van der Waals surface area contributed by atoms with E-state index in [1.165, 1.54) is 0 Å². The minimum absolute atomic E-state index is 0.641. The highest BCUT2D eigenvalue weighted by atomic mass is 35.5. The monoisotopic (exact) mass is 332 g/mol. The van der Waals surface area contributed by atoms with Crippen LogP contribution in [0.15, 0.2) is 27.9 Å². The Balaban J connectivity index is 2.08. The Morgan fingerprint density at radius 3 is 2.79 bits per heavy atom. The predicted octanol–water partition coefficient (Wildman–Crippen LogP) is 4.77. The summed E-state index contributed by atoms with van der Waals surface area (Å²) in [6.07, 6.45) is 0. The Bertz CT molecular complexity index is 555. The van der Waals surface area contributed by atoms with Gasteiger partial charge in [0.2, 0.25) is 0 Å². The van der Waals surface area contributed by atoms with Gasteiger partial charge in [0.1, 0.15) is 0 Å². The molecule has 0 saturated heterocycles. The molecule has 1 heterocycles. The Morgan fingerprint density at radius 2 is 2.11 bits per heavy atom. The number of benzene rings is 1. The zero-order chi connectivity index (χ0) is 13.8. The van der Waals surface area contributed by atoms with Crippen molar-refractivity contribution in [2.75, 3.05) is 26.4 Å². The Kier molecular flexibility index (Phi) is 5.54. The van der Waals surface area contributed by atoms with Crippen molar-refractivity contribution >= 4 is 46.3 Å². The van der Waals surface area contributed by atoms with Crippen LogP contribution in [-0.2, 0) is 0 Å². The molecule has 0 spiro atoms.